The lowest BCUT2D eigenvalue weighted by molar-refractivity contribution is -0.375. The van der Waals surface area contributed by atoms with Crippen molar-refractivity contribution in [1.82, 2.24) is 30.0 Å². The number of ether oxygens (including phenoxy) is 7. The zero-order valence-electron chi connectivity index (χ0n) is 47.8. The molecule has 6 N–H and O–H groups in total. The average Bonchev–Trinajstić information content (AvgIpc) is 4.17. The number of aliphatic hydroxyl groups is 6. The average molecular weight is 1110 g/mol. The normalized spacial score (nSPS) is 23.3. The first-order valence-corrected chi connectivity index (χ1v) is 30.2. The van der Waals surface area contributed by atoms with E-state index in [2.05, 4.69) is 48.3 Å². The van der Waals surface area contributed by atoms with Crippen LogP contribution >= 0.6 is 0 Å². The molecule has 0 spiro atoms. The molecular formula is C60H96N6O13. The van der Waals surface area contributed by atoms with Crippen LogP contribution in [0.5, 0.6) is 23.0 Å². The predicted octanol–water partition coefficient (Wildman–Crippen LogP) is 9.49. The quantitative estimate of drug-likeness (QED) is 0.0227. The van der Waals surface area contributed by atoms with Crippen molar-refractivity contribution in [3.63, 3.8) is 0 Å². The molecular weight excluding hydrogens is 1010 g/mol. The molecule has 4 heterocycles. The smallest absolute Gasteiger partial charge is 0.189 e. The Morgan fingerprint density at radius 3 is 0.975 bits per heavy atom. The van der Waals surface area contributed by atoms with Gasteiger partial charge in [0.1, 0.15) is 83.2 Å². The second kappa shape index (κ2) is 35.4. The van der Waals surface area contributed by atoms with Gasteiger partial charge in [0.2, 0.25) is 0 Å². The monoisotopic (exact) mass is 1110 g/mol. The number of aromatic nitrogens is 6. The third-order valence-corrected chi connectivity index (χ3v) is 14.8. The summed E-state index contributed by atoms with van der Waals surface area (Å²) in [5, 5.41) is 84.2. The highest BCUT2D eigenvalue weighted by Crippen LogP contribution is 2.34. The fourth-order valence-electron chi connectivity index (χ4n) is 9.96. The van der Waals surface area contributed by atoms with E-state index in [1.54, 1.807) is 12.4 Å². The minimum absolute atomic E-state index is 0.124. The lowest BCUT2D eigenvalue weighted by Crippen LogP contribution is -2.63. The zero-order chi connectivity index (χ0) is 56.2. The van der Waals surface area contributed by atoms with Gasteiger partial charge in [0.15, 0.2) is 12.6 Å². The standard InChI is InChI=1S/C60H96N6O13/c1-5-9-13-17-21-25-29-73-45-33-43(34-46(37-45)74-30-26-22-18-14-10-6-2)49-39-65(63-61-49)41-51-53(67)55(69)57(71)59(77-51)79-60-58(72)56(70)54(68)52(78-60)42-66-40-50(62-64-66)44-35-47(75-31-27-23-19-15-11-7-3)38-48(36-44)76-32-28-24-20-16-12-8-4/h33-40,51-60,67-72H,5-32,41-42H2,1-4H3/t51-,52-,53-,54-,55+,56+,57-,58-,59-,60-/m1/s1. The van der Waals surface area contributed by atoms with Crippen LogP contribution in [0, 0.1) is 0 Å². The van der Waals surface area contributed by atoms with Gasteiger partial charge >= 0.3 is 0 Å². The van der Waals surface area contributed by atoms with Crippen molar-refractivity contribution in [1.29, 1.82) is 0 Å². The summed E-state index contributed by atoms with van der Waals surface area (Å²) in [5.41, 5.74) is 2.43. The maximum absolute atomic E-state index is 11.2. The van der Waals surface area contributed by atoms with E-state index >= 15 is 0 Å². The summed E-state index contributed by atoms with van der Waals surface area (Å²) in [6, 6.07) is 11.4. The molecule has 2 aliphatic rings. The highest BCUT2D eigenvalue weighted by Gasteiger charge is 2.50. The SMILES string of the molecule is CCCCCCCCOc1cc(OCCCCCCCC)cc(-c2cn(C[C@H]3O[C@H](O[C@H]4O[C@H](Cn5cc(-c6cc(OCCCCCCCC)cc(OCCCCCCCC)c6)nn5)[C@@H](O)[C@H](O)[C@H]4O)[C@H](O)[C@@H](O)[C@@H]3O)nn2)c1. The molecule has 0 bridgehead atoms. The maximum atomic E-state index is 11.2. The van der Waals surface area contributed by atoms with E-state index in [0.29, 0.717) is 71.9 Å². The Labute approximate surface area is 469 Å². The fourth-order valence-corrected chi connectivity index (χ4v) is 9.96. The zero-order valence-corrected chi connectivity index (χ0v) is 47.8. The van der Waals surface area contributed by atoms with E-state index in [1.807, 2.05) is 36.4 Å². The molecule has 2 aromatic carbocycles. The summed E-state index contributed by atoms with van der Waals surface area (Å²) in [7, 11) is 0. The minimum Gasteiger partial charge on any atom is -0.493 e. The topological polar surface area (TPSA) is 247 Å². The van der Waals surface area contributed by atoms with Crippen molar-refractivity contribution < 1.29 is 63.8 Å². The molecule has 2 fully saturated rings. The van der Waals surface area contributed by atoms with Crippen molar-refractivity contribution in [3.05, 3.63) is 48.8 Å². The van der Waals surface area contributed by atoms with Gasteiger partial charge in [0.05, 0.1) is 51.9 Å². The fraction of sp³-hybridized carbons (Fsp3) is 0.733. The molecule has 4 aromatic rings. The second-order valence-corrected chi connectivity index (χ2v) is 21.7. The molecule has 19 heteroatoms. The number of hydrogen-bond donors (Lipinski definition) is 6. The molecule has 444 valence electrons. The van der Waals surface area contributed by atoms with Crippen LogP contribution in [0.4, 0.5) is 0 Å². The van der Waals surface area contributed by atoms with Crippen LogP contribution in [-0.4, -0.2) is 148 Å². The van der Waals surface area contributed by atoms with Gasteiger partial charge in [-0.25, -0.2) is 9.36 Å². The molecule has 0 saturated carbocycles. The van der Waals surface area contributed by atoms with Gasteiger partial charge in [-0.2, -0.15) is 0 Å². The van der Waals surface area contributed by atoms with E-state index in [-0.39, 0.29) is 13.1 Å². The van der Waals surface area contributed by atoms with E-state index < -0.39 is 61.4 Å². The number of unbranched alkanes of at least 4 members (excludes halogenated alkanes) is 20. The minimum atomic E-state index is -1.80. The maximum Gasteiger partial charge on any atom is 0.189 e. The first-order chi connectivity index (χ1) is 38.5. The number of benzene rings is 2. The van der Waals surface area contributed by atoms with Crippen molar-refractivity contribution in [2.45, 2.75) is 256 Å². The Kier molecular flexibility index (Phi) is 28.6. The van der Waals surface area contributed by atoms with Gasteiger partial charge in [0, 0.05) is 23.3 Å². The van der Waals surface area contributed by atoms with E-state index in [9.17, 15) is 30.6 Å². The van der Waals surface area contributed by atoms with E-state index in [1.165, 1.54) is 112 Å². The summed E-state index contributed by atoms with van der Waals surface area (Å²) in [6.45, 7) is 10.9. The van der Waals surface area contributed by atoms with Crippen LogP contribution in [-0.2, 0) is 27.3 Å². The van der Waals surface area contributed by atoms with E-state index in [0.717, 1.165) is 51.4 Å². The number of hydrogen-bond acceptors (Lipinski definition) is 17. The molecule has 6 rings (SSSR count). The molecule has 0 aliphatic carbocycles. The molecule has 79 heavy (non-hydrogen) atoms. The molecule has 0 amide bonds. The first-order valence-electron chi connectivity index (χ1n) is 30.2. The molecule has 0 radical (unpaired) electrons. The van der Waals surface area contributed by atoms with Gasteiger partial charge in [-0.3, -0.25) is 0 Å². The lowest BCUT2D eigenvalue weighted by Gasteiger charge is -2.45. The van der Waals surface area contributed by atoms with Crippen LogP contribution in [0.2, 0.25) is 0 Å². The lowest BCUT2D eigenvalue weighted by atomic mass is 9.97. The molecule has 2 aliphatic heterocycles. The largest absolute Gasteiger partial charge is 0.493 e. The second-order valence-electron chi connectivity index (χ2n) is 21.7. The Morgan fingerprint density at radius 1 is 0.380 bits per heavy atom. The third-order valence-electron chi connectivity index (χ3n) is 14.8. The van der Waals surface area contributed by atoms with Crippen LogP contribution in [0.25, 0.3) is 22.5 Å². The highest BCUT2D eigenvalue weighted by atomic mass is 16.8. The van der Waals surface area contributed by atoms with Gasteiger partial charge in [-0.1, -0.05) is 167 Å². The van der Waals surface area contributed by atoms with Gasteiger partial charge in [-0.05, 0) is 49.9 Å². The summed E-state index contributed by atoms with van der Waals surface area (Å²) in [5.74, 6) is 2.62. The third kappa shape index (κ3) is 21.1. The highest BCUT2D eigenvalue weighted by molar-refractivity contribution is 5.64. The van der Waals surface area contributed by atoms with Crippen LogP contribution in [0.3, 0.4) is 0 Å². The molecule has 0 unspecified atom stereocenters. The van der Waals surface area contributed by atoms with Crippen LogP contribution in [0.1, 0.15) is 182 Å². The molecule has 2 saturated heterocycles. The Bertz CT molecular complexity index is 2040. The number of rotatable bonds is 40. The van der Waals surface area contributed by atoms with Crippen molar-refractivity contribution in [2.24, 2.45) is 0 Å². The summed E-state index contributed by atoms with van der Waals surface area (Å²) < 4.78 is 45.9. The first kappa shape index (κ1) is 63.7. The molecule has 10 atom stereocenters. The Balaban J connectivity index is 1.09. The van der Waals surface area contributed by atoms with Gasteiger partial charge in [0.25, 0.3) is 0 Å². The van der Waals surface area contributed by atoms with Crippen LogP contribution < -0.4 is 18.9 Å². The summed E-state index contributed by atoms with van der Waals surface area (Å²) >= 11 is 0. The van der Waals surface area contributed by atoms with Gasteiger partial charge < -0.3 is 63.8 Å². The Hall–Kier alpha value is -4.44. The van der Waals surface area contributed by atoms with Crippen LogP contribution in [0.15, 0.2) is 48.8 Å². The number of nitrogens with zero attached hydrogens (tertiary/aromatic N) is 6. The van der Waals surface area contributed by atoms with E-state index in [4.69, 9.17) is 33.2 Å². The van der Waals surface area contributed by atoms with Crippen molar-refractivity contribution in [2.75, 3.05) is 26.4 Å². The number of aliphatic hydroxyl groups excluding tert-OH is 6. The molecule has 19 nitrogen and oxygen atoms in total. The molecule has 2 aromatic heterocycles. The Morgan fingerprint density at radius 2 is 0.671 bits per heavy atom. The summed E-state index contributed by atoms with van der Waals surface area (Å²) in [4.78, 5) is 0. The summed E-state index contributed by atoms with van der Waals surface area (Å²) in [6.07, 6.45) is 14.8. The van der Waals surface area contributed by atoms with Crippen molar-refractivity contribution >= 4 is 0 Å². The predicted molar refractivity (Wildman–Crippen MR) is 301 cm³/mol. The van der Waals surface area contributed by atoms with Gasteiger partial charge in [-0.15, -0.1) is 10.2 Å². The van der Waals surface area contributed by atoms with Crippen molar-refractivity contribution in [3.8, 4) is 45.5 Å².